The van der Waals surface area contributed by atoms with Gasteiger partial charge in [0.05, 0.1) is 32.2 Å². The molecule has 0 N–H and O–H groups in total. The van der Waals surface area contributed by atoms with Crippen molar-refractivity contribution in [1.29, 1.82) is 0 Å². The molecule has 0 amide bonds. The molecule has 6 heteroatoms. The zero-order chi connectivity index (χ0) is 30.5. The molecule has 0 atom stereocenters. The minimum Gasteiger partial charge on any atom is -0.256 e. The van der Waals surface area contributed by atoms with Crippen LogP contribution in [0.1, 0.15) is 0 Å². The van der Waals surface area contributed by atoms with E-state index in [4.69, 9.17) is 9.97 Å². The average molecular weight is 625 g/mol. The number of aromatic nitrogens is 4. The van der Waals surface area contributed by atoms with E-state index in [1.807, 2.05) is 35.8 Å². The van der Waals surface area contributed by atoms with Gasteiger partial charge >= 0.3 is 0 Å². The number of hydrogen-bond acceptors (Lipinski definition) is 6. The van der Waals surface area contributed by atoms with E-state index in [0.29, 0.717) is 0 Å². The predicted octanol–water partition coefficient (Wildman–Crippen LogP) is 11.2. The molecule has 4 nitrogen and oxygen atoms in total. The Morgan fingerprint density at radius 1 is 0.435 bits per heavy atom. The molecule has 0 bridgehead atoms. The fourth-order valence-electron chi connectivity index (χ4n) is 6.53. The van der Waals surface area contributed by atoms with Gasteiger partial charge in [-0.15, -0.1) is 22.7 Å². The molecule has 4 heterocycles. The highest BCUT2D eigenvalue weighted by Crippen LogP contribution is 2.45. The van der Waals surface area contributed by atoms with Gasteiger partial charge in [0, 0.05) is 35.9 Å². The van der Waals surface area contributed by atoms with E-state index < -0.39 is 0 Å². The van der Waals surface area contributed by atoms with Gasteiger partial charge in [0.1, 0.15) is 0 Å². The van der Waals surface area contributed by atoms with Gasteiger partial charge in [0.2, 0.25) is 0 Å². The molecule has 0 aliphatic carbocycles. The van der Waals surface area contributed by atoms with Crippen molar-refractivity contribution in [3.8, 4) is 54.5 Å². The summed E-state index contributed by atoms with van der Waals surface area (Å²) in [4.78, 5) is 20.8. The first-order chi connectivity index (χ1) is 22.8. The third-order valence-corrected chi connectivity index (χ3v) is 10.2. The molecule has 0 saturated heterocycles. The molecule has 0 unspecified atom stereocenters. The fraction of sp³-hybridized carbons (Fsp3) is 0. The normalized spacial score (nSPS) is 11.5. The van der Waals surface area contributed by atoms with Crippen LogP contribution in [-0.4, -0.2) is 19.9 Å². The molecule has 0 radical (unpaired) electrons. The Balaban J connectivity index is 1.38. The topological polar surface area (TPSA) is 51.6 Å². The Hall–Kier alpha value is -5.56. The lowest BCUT2D eigenvalue weighted by Gasteiger charge is -2.18. The second kappa shape index (κ2) is 11.1. The SMILES string of the molecule is c1ccc2c(-c3ccc4c(-c5cc(-c6cncs6)ccn5)c5ccccc5c(-c5cc(-c6cncs6)ccn5)c4c3)cccc2c1. The van der Waals surface area contributed by atoms with Crippen molar-refractivity contribution >= 4 is 55.0 Å². The zero-order valence-electron chi connectivity index (χ0n) is 24.5. The van der Waals surface area contributed by atoms with Crippen LogP contribution in [0.25, 0.3) is 86.8 Å². The summed E-state index contributed by atoms with van der Waals surface area (Å²) in [5.74, 6) is 0. The minimum atomic E-state index is 0.931. The molecule has 0 saturated carbocycles. The van der Waals surface area contributed by atoms with Gasteiger partial charge in [-0.05, 0) is 84.9 Å². The maximum Gasteiger partial charge on any atom is 0.0797 e. The van der Waals surface area contributed by atoms with Crippen molar-refractivity contribution in [3.05, 3.63) is 145 Å². The highest BCUT2D eigenvalue weighted by atomic mass is 32.1. The maximum absolute atomic E-state index is 4.99. The second-order valence-corrected chi connectivity index (χ2v) is 12.9. The van der Waals surface area contributed by atoms with E-state index >= 15 is 0 Å². The van der Waals surface area contributed by atoms with E-state index in [1.165, 1.54) is 16.3 Å². The van der Waals surface area contributed by atoms with Gasteiger partial charge in [0.25, 0.3) is 0 Å². The van der Waals surface area contributed by atoms with Crippen molar-refractivity contribution in [2.75, 3.05) is 0 Å². The van der Waals surface area contributed by atoms with Crippen LogP contribution < -0.4 is 0 Å². The largest absolute Gasteiger partial charge is 0.256 e. The molecular formula is C40H24N4S2. The lowest BCUT2D eigenvalue weighted by Crippen LogP contribution is -1.95. The number of fused-ring (bicyclic) bond motifs is 3. The predicted molar refractivity (Wildman–Crippen MR) is 193 cm³/mol. The lowest BCUT2D eigenvalue weighted by atomic mass is 9.86. The van der Waals surface area contributed by atoms with Crippen LogP contribution in [0.4, 0.5) is 0 Å². The molecule has 216 valence electrons. The Bertz CT molecular complexity index is 2530. The lowest BCUT2D eigenvalue weighted by molar-refractivity contribution is 1.33. The van der Waals surface area contributed by atoms with E-state index in [-0.39, 0.29) is 0 Å². The minimum absolute atomic E-state index is 0.931. The second-order valence-electron chi connectivity index (χ2n) is 11.2. The molecule has 5 aromatic carbocycles. The van der Waals surface area contributed by atoms with E-state index in [2.05, 4.69) is 119 Å². The summed E-state index contributed by atoms with van der Waals surface area (Å²) in [7, 11) is 0. The van der Waals surface area contributed by atoms with Crippen molar-refractivity contribution in [1.82, 2.24) is 19.9 Å². The van der Waals surface area contributed by atoms with Crippen molar-refractivity contribution in [2.45, 2.75) is 0 Å². The van der Waals surface area contributed by atoms with Crippen LogP contribution >= 0.6 is 22.7 Å². The summed E-state index contributed by atoms with van der Waals surface area (Å²) >= 11 is 3.27. The van der Waals surface area contributed by atoms with Crippen LogP contribution in [0.5, 0.6) is 0 Å². The summed E-state index contributed by atoms with van der Waals surface area (Å²) < 4.78 is 0. The third kappa shape index (κ3) is 4.50. The van der Waals surface area contributed by atoms with Crippen LogP contribution in [0.3, 0.4) is 0 Å². The molecule has 9 rings (SSSR count). The summed E-state index contributed by atoms with van der Waals surface area (Å²) in [6, 6.07) is 39.1. The highest BCUT2D eigenvalue weighted by Gasteiger charge is 2.20. The van der Waals surface area contributed by atoms with Crippen molar-refractivity contribution in [3.63, 3.8) is 0 Å². The van der Waals surface area contributed by atoms with Crippen molar-refractivity contribution < 1.29 is 0 Å². The summed E-state index contributed by atoms with van der Waals surface area (Å²) in [5.41, 5.74) is 12.4. The number of pyridine rings is 2. The van der Waals surface area contributed by atoms with Crippen LogP contribution in [0.2, 0.25) is 0 Å². The number of benzene rings is 5. The number of rotatable bonds is 5. The molecule has 9 aromatic rings. The van der Waals surface area contributed by atoms with Gasteiger partial charge in [-0.3, -0.25) is 19.9 Å². The third-order valence-electron chi connectivity index (χ3n) is 8.59. The van der Waals surface area contributed by atoms with Crippen LogP contribution in [-0.2, 0) is 0 Å². The molecule has 46 heavy (non-hydrogen) atoms. The van der Waals surface area contributed by atoms with Crippen LogP contribution in [0, 0.1) is 0 Å². The van der Waals surface area contributed by atoms with E-state index in [1.54, 1.807) is 22.7 Å². The Kier molecular flexibility index (Phi) is 6.47. The quantitative estimate of drug-likeness (QED) is 0.179. The molecular weight excluding hydrogens is 601 g/mol. The molecule has 0 fully saturated rings. The monoisotopic (exact) mass is 624 g/mol. The smallest absolute Gasteiger partial charge is 0.0797 e. The summed E-state index contributed by atoms with van der Waals surface area (Å²) in [6.45, 7) is 0. The molecule has 4 aromatic heterocycles. The Labute approximate surface area is 273 Å². The van der Waals surface area contributed by atoms with Gasteiger partial charge in [0.15, 0.2) is 0 Å². The fourth-order valence-corrected chi connectivity index (χ4v) is 7.77. The number of hydrogen-bond donors (Lipinski definition) is 0. The first kappa shape index (κ1) is 26.8. The van der Waals surface area contributed by atoms with Gasteiger partial charge < -0.3 is 0 Å². The van der Waals surface area contributed by atoms with Gasteiger partial charge in [-0.2, -0.15) is 0 Å². The number of nitrogens with zero attached hydrogens (tertiary/aromatic N) is 4. The first-order valence-electron chi connectivity index (χ1n) is 15.0. The van der Waals surface area contributed by atoms with Gasteiger partial charge in [-0.25, -0.2) is 0 Å². The van der Waals surface area contributed by atoms with Crippen LogP contribution in [0.15, 0.2) is 145 Å². The molecule has 0 spiro atoms. The number of thiazole rings is 2. The summed E-state index contributed by atoms with van der Waals surface area (Å²) in [5, 5.41) is 7.01. The maximum atomic E-state index is 4.99. The standard InChI is InChI=1S/C40H24N4S2/c1-2-8-29-25(6-1)7-5-11-30(29)26-12-13-33-34(18-26)40(36-20-28(15-17-44-36)38-22-42-24-46-38)32-10-4-3-9-31(32)39(33)35-19-27(14-16-43-35)37-21-41-23-45-37/h1-24H. The van der Waals surface area contributed by atoms with E-state index in [0.717, 1.165) is 70.5 Å². The highest BCUT2D eigenvalue weighted by molar-refractivity contribution is 7.13. The molecule has 0 aliphatic heterocycles. The zero-order valence-corrected chi connectivity index (χ0v) is 26.1. The van der Waals surface area contributed by atoms with Gasteiger partial charge in [-0.1, -0.05) is 78.9 Å². The molecule has 0 aliphatic rings. The first-order valence-corrected chi connectivity index (χ1v) is 16.7. The van der Waals surface area contributed by atoms with Crippen molar-refractivity contribution in [2.24, 2.45) is 0 Å². The Morgan fingerprint density at radius 3 is 1.63 bits per heavy atom. The Morgan fingerprint density at radius 2 is 1.00 bits per heavy atom. The summed E-state index contributed by atoms with van der Waals surface area (Å²) in [6.07, 6.45) is 7.65. The average Bonchev–Trinajstić information content (AvgIpc) is 3.86. The van der Waals surface area contributed by atoms with E-state index in [9.17, 15) is 0 Å².